The van der Waals surface area contributed by atoms with Gasteiger partial charge in [0.15, 0.2) is 0 Å². The van der Waals surface area contributed by atoms with Gasteiger partial charge in [0.05, 0.1) is 40.6 Å². The molecule has 0 bridgehead atoms. The molecule has 2 aromatic heterocycles. The molecule has 1 saturated heterocycles. The smallest absolute Gasteiger partial charge is 0.119 e. The Hall–Kier alpha value is -3.88. The summed E-state index contributed by atoms with van der Waals surface area (Å²) in [6.07, 6.45) is 2.18. The van der Waals surface area contributed by atoms with Crippen molar-refractivity contribution in [3.05, 3.63) is 90.0 Å². The molecule has 0 spiro atoms. The zero-order chi connectivity index (χ0) is 30.6. The molecule has 0 atom stereocenters. The number of aromatic nitrogens is 2. The number of fused-ring (bicyclic) bond motifs is 4. The summed E-state index contributed by atoms with van der Waals surface area (Å²) in [5.41, 5.74) is 6.20. The molecule has 7 nitrogen and oxygen atoms in total. The van der Waals surface area contributed by atoms with Gasteiger partial charge in [-0.3, -0.25) is 0 Å². The summed E-state index contributed by atoms with van der Waals surface area (Å²) in [4.78, 5) is 14.9. The van der Waals surface area contributed by atoms with Gasteiger partial charge in [-0.25, -0.2) is 9.97 Å². The molecular formula is C37H40Cl2N6O. The van der Waals surface area contributed by atoms with Gasteiger partial charge in [-0.1, -0.05) is 48.0 Å². The van der Waals surface area contributed by atoms with Gasteiger partial charge in [-0.05, 0) is 74.5 Å². The van der Waals surface area contributed by atoms with Crippen LogP contribution in [0.1, 0.15) is 12.8 Å². The van der Waals surface area contributed by atoms with E-state index >= 15 is 0 Å². The van der Waals surface area contributed by atoms with E-state index in [-0.39, 0.29) is 12.4 Å². The molecule has 4 aromatic carbocycles. The Labute approximate surface area is 281 Å². The lowest BCUT2D eigenvalue weighted by atomic mass is 10.1. The van der Waals surface area contributed by atoms with Crippen LogP contribution in [0.25, 0.3) is 43.6 Å². The number of para-hydroxylation sites is 2. The lowest BCUT2D eigenvalue weighted by Gasteiger charge is -2.34. The first kappa shape index (κ1) is 32.1. The maximum absolute atomic E-state index is 6.30. The van der Waals surface area contributed by atoms with Crippen LogP contribution in [0.2, 0.25) is 5.02 Å². The van der Waals surface area contributed by atoms with Crippen molar-refractivity contribution in [2.75, 3.05) is 70.1 Å². The third-order valence-electron chi connectivity index (χ3n) is 8.90. The van der Waals surface area contributed by atoms with Crippen LogP contribution in [0, 0.1) is 0 Å². The minimum absolute atomic E-state index is 0. The molecule has 0 amide bonds. The average Bonchev–Trinajstić information content (AvgIpc) is 3.08. The summed E-state index contributed by atoms with van der Waals surface area (Å²) >= 11 is 6.30. The Kier molecular flexibility index (Phi) is 10.2. The second kappa shape index (κ2) is 14.7. The van der Waals surface area contributed by atoms with E-state index in [1.807, 2.05) is 24.3 Å². The highest BCUT2D eigenvalue weighted by Crippen LogP contribution is 2.34. The molecule has 1 aliphatic rings. The van der Waals surface area contributed by atoms with E-state index in [0.29, 0.717) is 5.02 Å². The SMILES string of the molecule is COc1ccc2nc3cc(Cl)ccc3c(NCCCN3CCN(CCCNc4c5ccccc5nc5ccccc45)CC3)c2c1.Cl. The number of nitrogens with one attached hydrogen (secondary N) is 2. The van der Waals surface area contributed by atoms with Gasteiger partial charge in [-0.2, -0.15) is 0 Å². The predicted molar refractivity (Wildman–Crippen MR) is 196 cm³/mol. The van der Waals surface area contributed by atoms with Gasteiger partial charge in [0.25, 0.3) is 0 Å². The highest BCUT2D eigenvalue weighted by atomic mass is 35.5. The number of hydrogen-bond donors (Lipinski definition) is 2. The van der Waals surface area contributed by atoms with E-state index in [0.717, 1.165) is 109 Å². The highest BCUT2D eigenvalue weighted by Gasteiger charge is 2.17. The molecule has 0 radical (unpaired) electrons. The average molecular weight is 656 g/mol. The van der Waals surface area contributed by atoms with Gasteiger partial charge < -0.3 is 25.2 Å². The van der Waals surface area contributed by atoms with Crippen LogP contribution in [0.4, 0.5) is 11.4 Å². The number of piperazine rings is 1. The summed E-state index contributed by atoms with van der Waals surface area (Å²) in [5.74, 6) is 0.827. The first-order valence-electron chi connectivity index (χ1n) is 15.9. The molecule has 238 valence electrons. The fourth-order valence-electron chi connectivity index (χ4n) is 6.51. The van der Waals surface area contributed by atoms with Crippen LogP contribution in [-0.4, -0.2) is 79.2 Å². The molecule has 2 N–H and O–H groups in total. The highest BCUT2D eigenvalue weighted by molar-refractivity contribution is 6.31. The minimum Gasteiger partial charge on any atom is -0.497 e. The zero-order valence-electron chi connectivity index (χ0n) is 26.1. The van der Waals surface area contributed by atoms with Crippen LogP contribution >= 0.6 is 24.0 Å². The lowest BCUT2D eigenvalue weighted by Crippen LogP contribution is -2.47. The molecule has 0 saturated carbocycles. The number of nitrogens with zero attached hydrogens (tertiary/aromatic N) is 4. The van der Waals surface area contributed by atoms with E-state index in [9.17, 15) is 0 Å². The topological polar surface area (TPSA) is 65.6 Å². The van der Waals surface area contributed by atoms with Crippen LogP contribution < -0.4 is 15.4 Å². The van der Waals surface area contributed by atoms with Crippen molar-refractivity contribution in [3.8, 4) is 5.75 Å². The third-order valence-corrected chi connectivity index (χ3v) is 9.14. The summed E-state index contributed by atoms with van der Waals surface area (Å²) in [6.45, 7) is 8.50. The molecule has 1 fully saturated rings. The van der Waals surface area contributed by atoms with Crippen molar-refractivity contribution in [1.29, 1.82) is 0 Å². The van der Waals surface area contributed by atoms with Gasteiger partial charge >= 0.3 is 0 Å². The van der Waals surface area contributed by atoms with E-state index in [1.165, 1.54) is 16.5 Å². The van der Waals surface area contributed by atoms with Crippen LogP contribution in [0.5, 0.6) is 5.75 Å². The molecule has 7 rings (SSSR count). The van der Waals surface area contributed by atoms with Crippen LogP contribution in [0.15, 0.2) is 84.9 Å². The van der Waals surface area contributed by atoms with Gasteiger partial charge in [0.1, 0.15) is 5.75 Å². The number of anilines is 2. The number of benzene rings is 4. The van der Waals surface area contributed by atoms with E-state index in [1.54, 1.807) is 7.11 Å². The second-order valence-electron chi connectivity index (χ2n) is 11.8. The summed E-state index contributed by atoms with van der Waals surface area (Å²) in [7, 11) is 1.70. The Bertz CT molecular complexity index is 1910. The normalized spacial score (nSPS) is 14.1. The number of halogens is 2. The van der Waals surface area contributed by atoms with Crippen molar-refractivity contribution in [2.24, 2.45) is 0 Å². The molecule has 9 heteroatoms. The summed E-state index contributed by atoms with van der Waals surface area (Å²) < 4.78 is 5.51. The largest absolute Gasteiger partial charge is 0.497 e. The molecular weight excluding hydrogens is 615 g/mol. The van der Waals surface area contributed by atoms with E-state index in [4.69, 9.17) is 26.3 Å². The number of hydrogen-bond acceptors (Lipinski definition) is 7. The van der Waals surface area contributed by atoms with Gasteiger partial charge in [-0.15, -0.1) is 12.4 Å². The van der Waals surface area contributed by atoms with E-state index < -0.39 is 0 Å². The Balaban J connectivity index is 0.00000372. The predicted octanol–water partition coefficient (Wildman–Crippen LogP) is 8.10. The zero-order valence-corrected chi connectivity index (χ0v) is 27.7. The lowest BCUT2D eigenvalue weighted by molar-refractivity contribution is 0.132. The molecule has 6 aromatic rings. The minimum atomic E-state index is 0. The maximum Gasteiger partial charge on any atom is 0.119 e. The van der Waals surface area contributed by atoms with Crippen LogP contribution in [0.3, 0.4) is 0 Å². The van der Waals surface area contributed by atoms with Crippen LogP contribution in [-0.2, 0) is 0 Å². The summed E-state index contributed by atoms with van der Waals surface area (Å²) in [5, 5.41) is 12.7. The Morgan fingerprint density at radius 3 is 1.76 bits per heavy atom. The monoisotopic (exact) mass is 654 g/mol. The number of pyridine rings is 2. The maximum atomic E-state index is 6.30. The first-order chi connectivity index (χ1) is 22.2. The number of methoxy groups -OCH3 is 1. The third kappa shape index (κ3) is 6.93. The molecule has 3 heterocycles. The Morgan fingerprint density at radius 2 is 1.15 bits per heavy atom. The van der Waals surface area contributed by atoms with E-state index in [2.05, 4.69) is 81.1 Å². The number of ether oxygens (including phenoxy) is 1. The quantitative estimate of drug-likeness (QED) is 0.108. The van der Waals surface area contributed by atoms with Gasteiger partial charge in [0, 0.05) is 65.8 Å². The van der Waals surface area contributed by atoms with Gasteiger partial charge in [0.2, 0.25) is 0 Å². The Morgan fingerprint density at radius 1 is 0.630 bits per heavy atom. The second-order valence-corrected chi connectivity index (χ2v) is 12.2. The molecule has 0 unspecified atom stereocenters. The number of rotatable bonds is 11. The first-order valence-corrected chi connectivity index (χ1v) is 16.3. The molecule has 1 aliphatic heterocycles. The molecule has 46 heavy (non-hydrogen) atoms. The van der Waals surface area contributed by atoms with Crippen molar-refractivity contribution in [2.45, 2.75) is 12.8 Å². The summed E-state index contributed by atoms with van der Waals surface area (Å²) in [6, 6.07) is 28.8. The fourth-order valence-corrected chi connectivity index (χ4v) is 6.68. The molecule has 0 aliphatic carbocycles. The van der Waals surface area contributed by atoms with Crippen molar-refractivity contribution in [1.82, 2.24) is 19.8 Å². The standard InChI is InChI=1S/C37H39ClN6O.ClH/c1-45-27-13-15-34-31(25-27)37(30-14-12-26(38)24-35(30)42-34)40-17-7-19-44-22-20-43(21-23-44)18-6-16-39-36-28-8-2-4-10-32(28)41-33-11-5-3-9-29(33)36;/h2-5,8-15,24-25H,6-7,16-23H2,1H3,(H,39,41)(H,40,42);1H. The van der Waals surface area contributed by atoms with Crippen molar-refractivity contribution in [3.63, 3.8) is 0 Å². The fraction of sp³-hybridized carbons (Fsp3) is 0.297. The van der Waals surface area contributed by atoms with Crippen molar-refractivity contribution < 1.29 is 4.74 Å². The van der Waals surface area contributed by atoms with Crippen molar-refractivity contribution >= 4 is 79.0 Å².